The highest BCUT2D eigenvalue weighted by atomic mass is 35.5. The van der Waals surface area contributed by atoms with E-state index in [1.165, 1.54) is 0 Å². The molecule has 4 nitrogen and oxygen atoms in total. The second kappa shape index (κ2) is 9.02. The van der Waals surface area contributed by atoms with Crippen LogP contribution >= 0.6 is 11.6 Å². The molecule has 1 amide bonds. The van der Waals surface area contributed by atoms with E-state index in [2.05, 4.69) is 9.88 Å². The molecule has 0 aliphatic rings. The van der Waals surface area contributed by atoms with Crippen LogP contribution in [-0.4, -0.2) is 10.5 Å². The third-order valence-electron chi connectivity index (χ3n) is 5.26. The Morgan fingerprint density at radius 3 is 2.50 bits per heavy atom. The predicted octanol–water partition coefficient (Wildman–Crippen LogP) is 5.84. The van der Waals surface area contributed by atoms with Gasteiger partial charge in [0.15, 0.2) is 0 Å². The van der Waals surface area contributed by atoms with Gasteiger partial charge < -0.3 is 9.88 Å². The van der Waals surface area contributed by atoms with Crippen molar-refractivity contribution in [2.24, 2.45) is 0 Å². The van der Waals surface area contributed by atoms with Gasteiger partial charge in [-0.1, -0.05) is 48.0 Å². The maximum Gasteiger partial charge on any atom is 0.262 e. The first kappa shape index (κ1) is 21.4. The largest absolute Gasteiger partial charge is 0.345 e. The van der Waals surface area contributed by atoms with Gasteiger partial charge in [-0.3, -0.25) is 4.79 Å². The third kappa shape index (κ3) is 4.32. The lowest BCUT2D eigenvalue weighted by Crippen LogP contribution is -2.27. The molecule has 3 rings (SSSR count). The van der Waals surface area contributed by atoms with Crippen molar-refractivity contribution in [3.8, 4) is 11.8 Å². The van der Waals surface area contributed by atoms with E-state index in [1.54, 1.807) is 6.08 Å². The summed E-state index contributed by atoms with van der Waals surface area (Å²) in [7, 11) is 0. The number of benzene rings is 2. The van der Waals surface area contributed by atoms with E-state index in [4.69, 9.17) is 11.6 Å². The summed E-state index contributed by atoms with van der Waals surface area (Å²) in [5.41, 5.74) is 5.78. The summed E-state index contributed by atoms with van der Waals surface area (Å²) in [5.74, 6) is -0.391. The summed E-state index contributed by atoms with van der Waals surface area (Å²) in [4.78, 5) is 12.7. The fraction of sp³-hybridized carbons (Fsp3) is 0.200. The van der Waals surface area contributed by atoms with Crippen LogP contribution in [0.2, 0.25) is 5.02 Å². The van der Waals surface area contributed by atoms with Crippen molar-refractivity contribution in [3.05, 3.63) is 93.3 Å². The molecule has 1 heterocycles. The molecule has 0 saturated carbocycles. The molecule has 0 spiro atoms. The van der Waals surface area contributed by atoms with Crippen molar-refractivity contribution in [1.29, 1.82) is 5.26 Å². The number of rotatable bonds is 5. The number of nitriles is 1. The standard InChI is InChI=1S/C25H24ClN3O/c1-16-13-21(19(4)29(16)24-12-8-11-23(26)17(24)2)14-22(15-27)25(30)28-18(3)20-9-6-5-7-10-20/h5-14,18H,1-4H3,(H,28,30)/b22-14+/t18-/m1/s1. The van der Waals surface area contributed by atoms with Crippen molar-refractivity contribution in [2.75, 3.05) is 0 Å². The minimum absolute atomic E-state index is 0.0702. The number of hydrogen-bond donors (Lipinski definition) is 1. The minimum atomic E-state index is -0.391. The second-order valence-electron chi connectivity index (χ2n) is 7.32. The Bertz CT molecular complexity index is 1150. The first-order chi connectivity index (χ1) is 14.3. The van der Waals surface area contributed by atoms with Crippen LogP contribution < -0.4 is 5.32 Å². The zero-order valence-corrected chi connectivity index (χ0v) is 18.3. The summed E-state index contributed by atoms with van der Waals surface area (Å²) in [6.45, 7) is 7.84. The molecular weight excluding hydrogens is 394 g/mol. The normalized spacial score (nSPS) is 12.3. The highest BCUT2D eigenvalue weighted by Gasteiger charge is 2.17. The molecule has 0 aliphatic carbocycles. The van der Waals surface area contributed by atoms with Gasteiger partial charge in [-0.25, -0.2) is 0 Å². The summed E-state index contributed by atoms with van der Waals surface area (Å²) in [5, 5.41) is 13.2. The van der Waals surface area contributed by atoms with Crippen LogP contribution in [-0.2, 0) is 4.79 Å². The molecule has 0 saturated heterocycles. The zero-order valence-electron chi connectivity index (χ0n) is 17.5. The Kier molecular flexibility index (Phi) is 6.44. The van der Waals surface area contributed by atoms with Gasteiger partial charge in [0.1, 0.15) is 11.6 Å². The van der Waals surface area contributed by atoms with E-state index in [0.29, 0.717) is 5.02 Å². The Morgan fingerprint density at radius 2 is 1.83 bits per heavy atom. The lowest BCUT2D eigenvalue weighted by Gasteiger charge is -2.14. The number of nitrogens with one attached hydrogen (secondary N) is 1. The SMILES string of the molecule is Cc1c(Cl)cccc1-n1c(C)cc(/C=C(\C#N)C(=O)N[C@H](C)c2ccccc2)c1C. The van der Waals surface area contributed by atoms with Crippen molar-refractivity contribution >= 4 is 23.6 Å². The van der Waals surface area contributed by atoms with Crippen LogP contribution in [0.5, 0.6) is 0 Å². The van der Waals surface area contributed by atoms with Crippen LogP contribution in [0.4, 0.5) is 0 Å². The lowest BCUT2D eigenvalue weighted by molar-refractivity contribution is -0.117. The molecule has 0 fully saturated rings. The minimum Gasteiger partial charge on any atom is -0.345 e. The molecule has 152 valence electrons. The van der Waals surface area contributed by atoms with Gasteiger partial charge in [0.2, 0.25) is 0 Å². The fourth-order valence-corrected chi connectivity index (χ4v) is 3.72. The van der Waals surface area contributed by atoms with E-state index in [-0.39, 0.29) is 11.6 Å². The van der Waals surface area contributed by atoms with Gasteiger partial charge in [-0.05, 0) is 68.7 Å². The topological polar surface area (TPSA) is 57.8 Å². The van der Waals surface area contributed by atoms with Crippen LogP contribution in [0.15, 0.2) is 60.2 Å². The van der Waals surface area contributed by atoms with Gasteiger partial charge in [-0.2, -0.15) is 5.26 Å². The molecule has 3 aromatic rings. The molecule has 0 bridgehead atoms. The van der Waals surface area contributed by atoms with Crippen molar-refractivity contribution in [3.63, 3.8) is 0 Å². The van der Waals surface area contributed by atoms with Crippen molar-refractivity contribution in [1.82, 2.24) is 9.88 Å². The first-order valence-electron chi connectivity index (χ1n) is 9.75. The lowest BCUT2D eigenvalue weighted by atomic mass is 10.1. The molecule has 1 aromatic heterocycles. The summed E-state index contributed by atoms with van der Waals surface area (Å²) >= 11 is 6.30. The Balaban J connectivity index is 1.92. The number of nitrogens with zero attached hydrogens (tertiary/aromatic N) is 2. The highest BCUT2D eigenvalue weighted by Crippen LogP contribution is 2.28. The summed E-state index contributed by atoms with van der Waals surface area (Å²) < 4.78 is 2.09. The Labute approximate surface area is 182 Å². The van der Waals surface area contributed by atoms with Gasteiger partial charge in [-0.15, -0.1) is 0 Å². The van der Waals surface area contributed by atoms with Gasteiger partial charge in [0.05, 0.1) is 6.04 Å². The maximum absolute atomic E-state index is 12.7. The molecule has 1 N–H and O–H groups in total. The van der Waals surface area contributed by atoms with E-state index < -0.39 is 5.91 Å². The van der Waals surface area contributed by atoms with Crippen LogP contribution in [0.1, 0.15) is 41.0 Å². The Hall–Kier alpha value is -3.29. The van der Waals surface area contributed by atoms with Gasteiger partial charge in [0, 0.05) is 22.1 Å². The molecular formula is C25H24ClN3O. The average molecular weight is 418 g/mol. The molecule has 2 aromatic carbocycles. The zero-order chi connectivity index (χ0) is 21.8. The van der Waals surface area contributed by atoms with E-state index in [9.17, 15) is 10.1 Å². The third-order valence-corrected chi connectivity index (χ3v) is 5.67. The number of carbonyl (C=O) groups excluding carboxylic acids is 1. The number of carbonyl (C=O) groups is 1. The molecule has 0 aliphatic heterocycles. The molecule has 30 heavy (non-hydrogen) atoms. The van der Waals surface area contributed by atoms with Gasteiger partial charge in [0.25, 0.3) is 5.91 Å². The van der Waals surface area contributed by atoms with E-state index >= 15 is 0 Å². The van der Waals surface area contributed by atoms with E-state index in [1.807, 2.05) is 88.4 Å². The maximum atomic E-state index is 12.7. The first-order valence-corrected chi connectivity index (χ1v) is 10.1. The van der Waals surface area contributed by atoms with Crippen molar-refractivity contribution in [2.45, 2.75) is 33.7 Å². The number of aryl methyl sites for hydroxylation is 1. The van der Waals surface area contributed by atoms with Crippen molar-refractivity contribution < 1.29 is 4.79 Å². The quantitative estimate of drug-likeness (QED) is 0.418. The Morgan fingerprint density at radius 1 is 1.13 bits per heavy atom. The monoisotopic (exact) mass is 417 g/mol. The molecule has 1 atom stereocenters. The summed E-state index contributed by atoms with van der Waals surface area (Å²) in [6.07, 6.45) is 1.64. The predicted molar refractivity (Wildman–Crippen MR) is 122 cm³/mol. The second-order valence-corrected chi connectivity index (χ2v) is 7.73. The molecule has 0 radical (unpaired) electrons. The highest BCUT2D eigenvalue weighted by molar-refractivity contribution is 6.31. The number of aromatic nitrogens is 1. The molecule has 5 heteroatoms. The molecule has 0 unspecified atom stereocenters. The smallest absolute Gasteiger partial charge is 0.262 e. The number of halogens is 1. The van der Waals surface area contributed by atoms with E-state index in [0.717, 1.165) is 33.8 Å². The number of amides is 1. The van der Waals surface area contributed by atoms with Crippen LogP contribution in [0, 0.1) is 32.1 Å². The van der Waals surface area contributed by atoms with Crippen LogP contribution in [0.25, 0.3) is 11.8 Å². The summed E-state index contributed by atoms with van der Waals surface area (Å²) in [6, 6.07) is 19.3. The van der Waals surface area contributed by atoms with Gasteiger partial charge >= 0.3 is 0 Å². The fourth-order valence-electron chi connectivity index (χ4n) is 3.55. The number of hydrogen-bond acceptors (Lipinski definition) is 2. The van der Waals surface area contributed by atoms with Crippen LogP contribution in [0.3, 0.4) is 0 Å². The average Bonchev–Trinajstić information content (AvgIpc) is 3.01.